The lowest BCUT2D eigenvalue weighted by Crippen LogP contribution is -2.17. The summed E-state index contributed by atoms with van der Waals surface area (Å²) in [4.78, 5) is 0. The third-order valence-electron chi connectivity index (χ3n) is 2.84. The maximum absolute atomic E-state index is 5.68. The van der Waals surface area contributed by atoms with Crippen molar-refractivity contribution in [3.8, 4) is 0 Å². The van der Waals surface area contributed by atoms with Crippen LogP contribution in [0.4, 0.5) is 5.69 Å². The van der Waals surface area contributed by atoms with Gasteiger partial charge in [0.1, 0.15) is 11.5 Å². The minimum absolute atomic E-state index is 0.0944. The number of furan rings is 1. The van der Waals surface area contributed by atoms with Gasteiger partial charge in [0.25, 0.3) is 0 Å². The van der Waals surface area contributed by atoms with Crippen LogP contribution in [-0.2, 0) is 0 Å². The van der Waals surface area contributed by atoms with Crippen molar-refractivity contribution in [3.63, 3.8) is 0 Å². The summed E-state index contributed by atoms with van der Waals surface area (Å²) < 4.78 is 5.68. The van der Waals surface area contributed by atoms with Gasteiger partial charge in [-0.2, -0.15) is 0 Å². The SMILES string of the molecule is CNc1cccc(C(NC)c2ccc(C)o2)c1. The quantitative estimate of drug-likeness (QED) is 0.848. The predicted molar refractivity (Wildman–Crippen MR) is 70.3 cm³/mol. The fourth-order valence-corrected chi connectivity index (χ4v) is 1.96. The molecular formula is C14H18N2O. The second-order valence-corrected chi connectivity index (χ2v) is 4.05. The molecule has 0 amide bonds. The summed E-state index contributed by atoms with van der Waals surface area (Å²) in [6, 6.07) is 12.4. The molecule has 2 rings (SSSR count). The molecule has 2 aromatic rings. The fourth-order valence-electron chi connectivity index (χ4n) is 1.96. The largest absolute Gasteiger partial charge is 0.464 e. The molecule has 2 N–H and O–H groups in total. The molecule has 0 aliphatic carbocycles. The average Bonchev–Trinajstić information content (AvgIpc) is 2.77. The first-order valence-corrected chi connectivity index (χ1v) is 5.76. The van der Waals surface area contributed by atoms with Gasteiger partial charge in [-0.1, -0.05) is 12.1 Å². The van der Waals surface area contributed by atoms with Crippen LogP contribution in [0.1, 0.15) is 23.1 Å². The molecular weight excluding hydrogens is 212 g/mol. The molecule has 0 saturated carbocycles. The normalized spacial score (nSPS) is 12.4. The second-order valence-electron chi connectivity index (χ2n) is 4.05. The zero-order valence-corrected chi connectivity index (χ0v) is 10.4. The highest BCUT2D eigenvalue weighted by Crippen LogP contribution is 2.25. The maximum atomic E-state index is 5.68. The molecule has 3 heteroatoms. The van der Waals surface area contributed by atoms with Gasteiger partial charge >= 0.3 is 0 Å². The molecule has 0 fully saturated rings. The van der Waals surface area contributed by atoms with E-state index in [-0.39, 0.29) is 6.04 Å². The Morgan fingerprint density at radius 2 is 1.94 bits per heavy atom. The number of hydrogen-bond acceptors (Lipinski definition) is 3. The average molecular weight is 230 g/mol. The van der Waals surface area contributed by atoms with Crippen LogP contribution >= 0.6 is 0 Å². The van der Waals surface area contributed by atoms with Crippen molar-refractivity contribution in [3.05, 3.63) is 53.5 Å². The smallest absolute Gasteiger partial charge is 0.125 e. The van der Waals surface area contributed by atoms with E-state index in [0.717, 1.165) is 17.2 Å². The van der Waals surface area contributed by atoms with Crippen LogP contribution in [0.25, 0.3) is 0 Å². The molecule has 1 heterocycles. The summed E-state index contributed by atoms with van der Waals surface area (Å²) in [5.74, 6) is 1.88. The van der Waals surface area contributed by atoms with Crippen LogP contribution in [-0.4, -0.2) is 14.1 Å². The van der Waals surface area contributed by atoms with Gasteiger partial charge in [-0.05, 0) is 43.8 Å². The molecule has 0 spiro atoms. The molecule has 0 aliphatic rings. The zero-order chi connectivity index (χ0) is 12.3. The van der Waals surface area contributed by atoms with Gasteiger partial charge in [0, 0.05) is 12.7 Å². The van der Waals surface area contributed by atoms with Crippen LogP contribution in [0.15, 0.2) is 40.8 Å². The molecule has 1 aromatic carbocycles. The lowest BCUT2D eigenvalue weighted by atomic mass is 10.0. The number of benzene rings is 1. The Bertz CT molecular complexity index is 490. The topological polar surface area (TPSA) is 37.2 Å². The van der Waals surface area contributed by atoms with E-state index in [4.69, 9.17) is 4.42 Å². The number of anilines is 1. The van der Waals surface area contributed by atoms with Crippen molar-refractivity contribution in [2.75, 3.05) is 19.4 Å². The molecule has 1 atom stereocenters. The van der Waals surface area contributed by atoms with E-state index in [1.807, 2.05) is 45.3 Å². The van der Waals surface area contributed by atoms with Crippen LogP contribution in [0.3, 0.4) is 0 Å². The molecule has 0 saturated heterocycles. The number of rotatable bonds is 4. The first-order valence-electron chi connectivity index (χ1n) is 5.76. The summed E-state index contributed by atoms with van der Waals surface area (Å²) >= 11 is 0. The first kappa shape index (κ1) is 11.7. The Morgan fingerprint density at radius 1 is 1.12 bits per heavy atom. The van der Waals surface area contributed by atoms with E-state index in [0.29, 0.717) is 0 Å². The maximum Gasteiger partial charge on any atom is 0.125 e. The Kier molecular flexibility index (Phi) is 3.49. The van der Waals surface area contributed by atoms with Crippen LogP contribution in [0.5, 0.6) is 0 Å². The van der Waals surface area contributed by atoms with E-state index in [9.17, 15) is 0 Å². The van der Waals surface area contributed by atoms with Gasteiger partial charge < -0.3 is 15.1 Å². The van der Waals surface area contributed by atoms with E-state index in [2.05, 4.69) is 22.8 Å². The zero-order valence-electron chi connectivity index (χ0n) is 10.4. The molecule has 1 unspecified atom stereocenters. The van der Waals surface area contributed by atoms with Crippen molar-refractivity contribution in [2.45, 2.75) is 13.0 Å². The van der Waals surface area contributed by atoms with Gasteiger partial charge in [0.05, 0.1) is 6.04 Å². The summed E-state index contributed by atoms with van der Waals surface area (Å²) in [5, 5.41) is 6.42. The molecule has 0 radical (unpaired) electrons. The van der Waals surface area contributed by atoms with Gasteiger partial charge in [-0.15, -0.1) is 0 Å². The van der Waals surface area contributed by atoms with E-state index < -0.39 is 0 Å². The van der Waals surface area contributed by atoms with Crippen LogP contribution in [0.2, 0.25) is 0 Å². The summed E-state index contributed by atoms with van der Waals surface area (Å²) in [5.41, 5.74) is 2.29. The number of nitrogens with one attached hydrogen (secondary N) is 2. The molecule has 0 aliphatic heterocycles. The second kappa shape index (κ2) is 5.06. The first-order chi connectivity index (χ1) is 8.24. The molecule has 17 heavy (non-hydrogen) atoms. The number of aryl methyl sites for hydroxylation is 1. The summed E-state index contributed by atoms with van der Waals surface area (Å²) in [6.07, 6.45) is 0. The van der Waals surface area contributed by atoms with Gasteiger partial charge in [0.15, 0.2) is 0 Å². The van der Waals surface area contributed by atoms with Crippen molar-refractivity contribution < 1.29 is 4.42 Å². The van der Waals surface area contributed by atoms with E-state index >= 15 is 0 Å². The third-order valence-corrected chi connectivity index (χ3v) is 2.84. The number of hydrogen-bond donors (Lipinski definition) is 2. The predicted octanol–water partition coefficient (Wildman–Crippen LogP) is 2.94. The minimum Gasteiger partial charge on any atom is -0.464 e. The van der Waals surface area contributed by atoms with Crippen LogP contribution in [0, 0.1) is 6.92 Å². The third kappa shape index (κ3) is 2.50. The van der Waals surface area contributed by atoms with E-state index in [1.54, 1.807) is 0 Å². The fraction of sp³-hybridized carbons (Fsp3) is 0.286. The lowest BCUT2D eigenvalue weighted by molar-refractivity contribution is 0.444. The minimum atomic E-state index is 0.0944. The van der Waals surface area contributed by atoms with Crippen molar-refractivity contribution >= 4 is 5.69 Å². The highest BCUT2D eigenvalue weighted by Gasteiger charge is 2.15. The van der Waals surface area contributed by atoms with Crippen molar-refractivity contribution in [2.24, 2.45) is 0 Å². The summed E-state index contributed by atoms with van der Waals surface area (Å²) in [6.45, 7) is 1.96. The highest BCUT2D eigenvalue weighted by atomic mass is 16.3. The molecule has 0 bridgehead atoms. The molecule has 90 valence electrons. The standard InChI is InChI=1S/C14H18N2O/c1-10-7-8-13(17-10)14(16-3)11-5-4-6-12(9-11)15-2/h4-9,14-16H,1-3H3. The lowest BCUT2D eigenvalue weighted by Gasteiger charge is -2.15. The van der Waals surface area contributed by atoms with Gasteiger partial charge in [0.2, 0.25) is 0 Å². The van der Waals surface area contributed by atoms with Crippen LogP contribution < -0.4 is 10.6 Å². The monoisotopic (exact) mass is 230 g/mol. The molecule has 3 nitrogen and oxygen atoms in total. The van der Waals surface area contributed by atoms with E-state index in [1.165, 1.54) is 5.56 Å². The Balaban J connectivity index is 2.34. The summed E-state index contributed by atoms with van der Waals surface area (Å²) in [7, 11) is 3.86. The van der Waals surface area contributed by atoms with Gasteiger partial charge in [-0.3, -0.25) is 0 Å². The Labute approximate surface area is 102 Å². The Morgan fingerprint density at radius 3 is 2.53 bits per heavy atom. The molecule has 1 aromatic heterocycles. The highest BCUT2D eigenvalue weighted by molar-refractivity contribution is 5.47. The Hall–Kier alpha value is -1.74. The van der Waals surface area contributed by atoms with Gasteiger partial charge in [-0.25, -0.2) is 0 Å². The van der Waals surface area contributed by atoms with Crippen molar-refractivity contribution in [1.82, 2.24) is 5.32 Å². The van der Waals surface area contributed by atoms with Crippen molar-refractivity contribution in [1.29, 1.82) is 0 Å².